The number of nitriles is 1. The molecule has 2 N–H and O–H groups in total. The minimum Gasteiger partial charge on any atom is -0.444 e. The highest BCUT2D eigenvalue weighted by molar-refractivity contribution is 5.88. The molecule has 1 saturated heterocycles. The van der Waals surface area contributed by atoms with Crippen molar-refractivity contribution in [2.45, 2.75) is 45.3 Å². The minimum absolute atomic E-state index is 0.371. The topological polar surface area (TPSA) is 87.0 Å². The number of hydrogen-bond donors (Lipinski definition) is 2. The number of carbonyl (C=O) groups excluding carboxylic acids is 1. The van der Waals surface area contributed by atoms with Crippen molar-refractivity contribution < 1.29 is 9.53 Å². The van der Waals surface area contributed by atoms with Crippen molar-refractivity contribution in [3.8, 4) is 6.07 Å². The van der Waals surface area contributed by atoms with E-state index in [1.54, 1.807) is 12.3 Å². The van der Waals surface area contributed by atoms with Gasteiger partial charge in [0.1, 0.15) is 11.7 Å². The van der Waals surface area contributed by atoms with Gasteiger partial charge < -0.3 is 15.4 Å². The van der Waals surface area contributed by atoms with Gasteiger partial charge in [-0.2, -0.15) is 5.26 Å². The van der Waals surface area contributed by atoms with Crippen LogP contribution in [0.15, 0.2) is 30.5 Å². The highest BCUT2D eigenvalue weighted by atomic mass is 16.6. The first-order valence-electron chi connectivity index (χ1n) is 9.24. The molecule has 2 heterocycles. The average molecular weight is 366 g/mol. The minimum atomic E-state index is -0.630. The molecule has 0 radical (unpaired) electrons. The van der Waals surface area contributed by atoms with Gasteiger partial charge in [-0.3, -0.25) is 4.98 Å². The van der Waals surface area contributed by atoms with Crippen LogP contribution in [-0.4, -0.2) is 29.8 Å². The lowest BCUT2D eigenvalue weighted by molar-refractivity contribution is 0.0416. The number of nitrogens with one attached hydrogen (secondary N) is 2. The summed E-state index contributed by atoms with van der Waals surface area (Å²) in [5, 5.41) is 16.9. The summed E-state index contributed by atoms with van der Waals surface area (Å²) in [6.45, 7) is 9.19. The molecule has 1 amide bonds. The maximum absolute atomic E-state index is 12.6. The van der Waals surface area contributed by atoms with Crippen LogP contribution in [-0.2, 0) is 10.3 Å². The van der Waals surface area contributed by atoms with E-state index in [2.05, 4.69) is 28.6 Å². The Kier molecular flexibility index (Phi) is 5.07. The van der Waals surface area contributed by atoms with E-state index in [0.29, 0.717) is 23.5 Å². The number of ether oxygens (including phenoxy) is 1. The number of benzene rings is 1. The normalized spacial score (nSPS) is 22.9. The molecule has 1 aliphatic heterocycles. The van der Waals surface area contributed by atoms with Crippen LogP contribution in [0.1, 0.15) is 45.2 Å². The van der Waals surface area contributed by atoms with Gasteiger partial charge in [0.25, 0.3) is 0 Å². The van der Waals surface area contributed by atoms with Gasteiger partial charge in [0, 0.05) is 18.1 Å². The summed E-state index contributed by atoms with van der Waals surface area (Å²) >= 11 is 0. The van der Waals surface area contributed by atoms with E-state index >= 15 is 0 Å². The molecule has 6 nitrogen and oxygen atoms in total. The Bertz CT molecular complexity index is 897. The molecule has 27 heavy (non-hydrogen) atoms. The number of piperidine rings is 1. The third-order valence-electron chi connectivity index (χ3n) is 4.76. The summed E-state index contributed by atoms with van der Waals surface area (Å²) in [5.41, 5.74) is 0.928. The standard InChI is InChI=1S/C21H26N4O2/c1-14-10-21(13-23-12-14,25-19(26)27-20(2,3)4)17-8-7-15(11-22)18-16(17)6-5-9-24-18/h5-9,14,23H,10,12-13H2,1-4H3,(H,25,26)/t14-,21-/m0/s1. The fraction of sp³-hybridized carbons (Fsp3) is 0.476. The molecule has 0 aliphatic carbocycles. The average Bonchev–Trinajstić information content (AvgIpc) is 2.59. The van der Waals surface area contributed by atoms with Crippen molar-refractivity contribution in [2.24, 2.45) is 5.92 Å². The van der Waals surface area contributed by atoms with Gasteiger partial charge in [0.15, 0.2) is 0 Å². The van der Waals surface area contributed by atoms with Crippen LogP contribution in [0, 0.1) is 17.2 Å². The number of fused-ring (bicyclic) bond motifs is 1. The smallest absolute Gasteiger partial charge is 0.408 e. The lowest BCUT2D eigenvalue weighted by Gasteiger charge is -2.42. The second kappa shape index (κ2) is 7.16. The maximum Gasteiger partial charge on any atom is 0.408 e. The zero-order chi connectivity index (χ0) is 19.7. The summed E-state index contributed by atoms with van der Waals surface area (Å²) in [4.78, 5) is 17.1. The Hall–Kier alpha value is -2.65. The number of carbonyl (C=O) groups is 1. The monoisotopic (exact) mass is 366 g/mol. The fourth-order valence-corrected chi connectivity index (χ4v) is 3.82. The lowest BCUT2D eigenvalue weighted by Crippen LogP contribution is -2.58. The molecule has 1 aromatic heterocycles. The molecular weight excluding hydrogens is 340 g/mol. The molecule has 2 aromatic rings. The number of alkyl carbamates (subject to hydrolysis) is 1. The SMILES string of the molecule is C[C@@H]1CNC[C@](NC(=O)OC(C)(C)C)(c2ccc(C#N)c3ncccc23)C1. The zero-order valence-electron chi connectivity index (χ0n) is 16.3. The van der Waals surface area contributed by atoms with Crippen molar-refractivity contribution in [1.82, 2.24) is 15.6 Å². The van der Waals surface area contributed by atoms with Gasteiger partial charge in [0.2, 0.25) is 0 Å². The van der Waals surface area contributed by atoms with Gasteiger partial charge in [0.05, 0.1) is 16.6 Å². The number of nitrogens with zero attached hydrogens (tertiary/aromatic N) is 2. The molecule has 3 rings (SSSR count). The fourth-order valence-electron chi connectivity index (χ4n) is 3.82. The second-order valence-electron chi connectivity index (χ2n) is 8.32. The van der Waals surface area contributed by atoms with Gasteiger partial charge in [-0.1, -0.05) is 19.1 Å². The Morgan fingerprint density at radius 3 is 2.85 bits per heavy atom. The molecule has 1 aromatic carbocycles. The Morgan fingerprint density at radius 1 is 1.41 bits per heavy atom. The summed E-state index contributed by atoms with van der Waals surface area (Å²) < 4.78 is 5.53. The number of aromatic nitrogens is 1. The van der Waals surface area contributed by atoms with E-state index in [0.717, 1.165) is 23.9 Å². The first-order chi connectivity index (χ1) is 12.7. The van der Waals surface area contributed by atoms with Crippen molar-refractivity contribution in [3.05, 3.63) is 41.6 Å². The number of amides is 1. The quantitative estimate of drug-likeness (QED) is 0.850. The summed E-state index contributed by atoms with van der Waals surface area (Å²) in [6.07, 6.45) is 2.01. The molecule has 0 saturated carbocycles. The number of rotatable bonds is 2. The first-order valence-corrected chi connectivity index (χ1v) is 9.24. The predicted octanol–water partition coefficient (Wildman–Crippen LogP) is 3.46. The van der Waals surface area contributed by atoms with Crippen molar-refractivity contribution in [1.29, 1.82) is 5.26 Å². The van der Waals surface area contributed by atoms with Gasteiger partial charge in [-0.25, -0.2) is 4.79 Å². The van der Waals surface area contributed by atoms with E-state index in [4.69, 9.17) is 4.74 Å². The van der Waals surface area contributed by atoms with E-state index in [1.807, 2.05) is 39.0 Å². The third-order valence-corrected chi connectivity index (χ3v) is 4.76. The van der Waals surface area contributed by atoms with Crippen molar-refractivity contribution >= 4 is 17.0 Å². The molecule has 6 heteroatoms. The number of hydrogen-bond acceptors (Lipinski definition) is 5. The van der Waals surface area contributed by atoms with E-state index < -0.39 is 17.2 Å². The zero-order valence-corrected chi connectivity index (χ0v) is 16.3. The van der Waals surface area contributed by atoms with Gasteiger partial charge >= 0.3 is 6.09 Å². The van der Waals surface area contributed by atoms with Gasteiger partial charge in [-0.15, -0.1) is 0 Å². The largest absolute Gasteiger partial charge is 0.444 e. The third kappa shape index (κ3) is 4.04. The Morgan fingerprint density at radius 2 is 2.19 bits per heavy atom. The van der Waals surface area contributed by atoms with Crippen LogP contribution in [0.2, 0.25) is 0 Å². The summed E-state index contributed by atoms with van der Waals surface area (Å²) in [5.74, 6) is 0.371. The van der Waals surface area contributed by atoms with Crippen LogP contribution >= 0.6 is 0 Å². The van der Waals surface area contributed by atoms with Crippen LogP contribution in [0.3, 0.4) is 0 Å². The van der Waals surface area contributed by atoms with Crippen LogP contribution < -0.4 is 10.6 Å². The van der Waals surface area contributed by atoms with Crippen molar-refractivity contribution in [3.63, 3.8) is 0 Å². The van der Waals surface area contributed by atoms with Crippen LogP contribution in [0.5, 0.6) is 0 Å². The first kappa shape index (κ1) is 19.1. The molecule has 0 spiro atoms. The predicted molar refractivity (Wildman–Crippen MR) is 104 cm³/mol. The van der Waals surface area contributed by atoms with Crippen LogP contribution in [0.4, 0.5) is 4.79 Å². The molecule has 0 bridgehead atoms. The highest BCUT2D eigenvalue weighted by Crippen LogP contribution is 2.36. The Labute approximate surface area is 159 Å². The lowest BCUT2D eigenvalue weighted by atomic mass is 9.77. The van der Waals surface area contributed by atoms with Crippen LogP contribution in [0.25, 0.3) is 10.9 Å². The van der Waals surface area contributed by atoms with E-state index in [1.165, 1.54) is 0 Å². The van der Waals surface area contributed by atoms with E-state index in [-0.39, 0.29) is 0 Å². The summed E-state index contributed by atoms with van der Waals surface area (Å²) in [6, 6.07) is 9.72. The molecule has 2 atom stereocenters. The van der Waals surface area contributed by atoms with Crippen molar-refractivity contribution in [2.75, 3.05) is 13.1 Å². The number of pyridine rings is 1. The molecule has 1 aliphatic rings. The molecular formula is C21H26N4O2. The highest BCUT2D eigenvalue weighted by Gasteiger charge is 2.40. The van der Waals surface area contributed by atoms with Gasteiger partial charge in [-0.05, 0) is 57.4 Å². The molecule has 1 fully saturated rings. The Balaban J connectivity index is 2.11. The second-order valence-corrected chi connectivity index (χ2v) is 8.32. The molecule has 142 valence electrons. The maximum atomic E-state index is 12.6. The van der Waals surface area contributed by atoms with E-state index in [9.17, 15) is 10.1 Å². The summed E-state index contributed by atoms with van der Waals surface area (Å²) in [7, 11) is 0. The molecule has 0 unspecified atom stereocenters.